The predicted octanol–water partition coefficient (Wildman–Crippen LogP) is 1.62. The van der Waals surface area contributed by atoms with Gasteiger partial charge in [-0.1, -0.05) is 6.07 Å². The zero-order chi connectivity index (χ0) is 10.4. The van der Waals surface area contributed by atoms with Crippen molar-refractivity contribution in [3.63, 3.8) is 0 Å². The number of ether oxygens (including phenoxy) is 1. The molecule has 1 aromatic heterocycles. The second-order valence-corrected chi connectivity index (χ2v) is 3.06. The van der Waals surface area contributed by atoms with Gasteiger partial charge in [0.15, 0.2) is 5.78 Å². The van der Waals surface area contributed by atoms with Crippen LogP contribution in [0.15, 0.2) is 24.4 Å². The molecule has 0 saturated carbocycles. The Hall–Kier alpha value is -1.22. The number of carbonyl (C=O) groups is 1. The number of carbonyl (C=O) groups excluding carboxylic acids is 1. The van der Waals surface area contributed by atoms with Crippen LogP contribution in [-0.2, 0) is 16.0 Å². The Labute approximate surface area is 84.1 Å². The third-order valence-electron chi connectivity index (χ3n) is 1.95. The van der Waals surface area contributed by atoms with Crippen molar-refractivity contribution in [1.82, 2.24) is 4.98 Å². The monoisotopic (exact) mass is 193 g/mol. The van der Waals surface area contributed by atoms with E-state index in [-0.39, 0.29) is 11.9 Å². The van der Waals surface area contributed by atoms with Gasteiger partial charge in [-0.15, -0.1) is 0 Å². The van der Waals surface area contributed by atoms with Gasteiger partial charge in [0.2, 0.25) is 0 Å². The van der Waals surface area contributed by atoms with Crippen molar-refractivity contribution in [3.8, 4) is 0 Å². The fraction of sp³-hybridized carbons (Fsp3) is 0.455. The maximum absolute atomic E-state index is 11.5. The molecule has 1 aromatic rings. The second kappa shape index (κ2) is 5.50. The standard InChI is InChI=1S/C11H15NO2/c1-3-14-9(2)11(13)8-10-6-4-5-7-12-10/h4-7,9H,3,8H2,1-2H3. The highest BCUT2D eigenvalue weighted by Crippen LogP contribution is 2.00. The van der Waals surface area contributed by atoms with Crippen molar-refractivity contribution in [2.24, 2.45) is 0 Å². The van der Waals surface area contributed by atoms with E-state index in [9.17, 15) is 4.79 Å². The molecule has 1 heterocycles. The van der Waals surface area contributed by atoms with E-state index in [1.807, 2.05) is 25.1 Å². The topological polar surface area (TPSA) is 39.2 Å². The Morgan fingerprint density at radius 3 is 2.93 bits per heavy atom. The zero-order valence-electron chi connectivity index (χ0n) is 8.56. The van der Waals surface area contributed by atoms with E-state index in [2.05, 4.69) is 4.98 Å². The first-order valence-corrected chi connectivity index (χ1v) is 4.78. The fourth-order valence-corrected chi connectivity index (χ4v) is 1.17. The van der Waals surface area contributed by atoms with Crippen molar-refractivity contribution in [2.45, 2.75) is 26.4 Å². The van der Waals surface area contributed by atoms with Gasteiger partial charge in [0.25, 0.3) is 0 Å². The summed E-state index contributed by atoms with van der Waals surface area (Å²) in [6, 6.07) is 5.55. The van der Waals surface area contributed by atoms with Gasteiger partial charge >= 0.3 is 0 Å². The van der Waals surface area contributed by atoms with Crippen molar-refractivity contribution in [3.05, 3.63) is 30.1 Å². The first-order chi connectivity index (χ1) is 6.74. The zero-order valence-corrected chi connectivity index (χ0v) is 8.56. The summed E-state index contributed by atoms with van der Waals surface area (Å²) in [5.41, 5.74) is 0.795. The Kier molecular flexibility index (Phi) is 4.26. The largest absolute Gasteiger partial charge is 0.371 e. The van der Waals surface area contributed by atoms with Crippen molar-refractivity contribution < 1.29 is 9.53 Å². The summed E-state index contributed by atoms with van der Waals surface area (Å²) in [6.45, 7) is 4.22. The molecule has 0 amide bonds. The van der Waals surface area contributed by atoms with Gasteiger partial charge in [0.1, 0.15) is 6.10 Å². The van der Waals surface area contributed by atoms with E-state index in [1.165, 1.54) is 0 Å². The lowest BCUT2D eigenvalue weighted by molar-refractivity contribution is -0.128. The van der Waals surface area contributed by atoms with E-state index in [0.29, 0.717) is 13.0 Å². The lowest BCUT2D eigenvalue weighted by atomic mass is 10.1. The van der Waals surface area contributed by atoms with E-state index in [1.54, 1.807) is 13.1 Å². The van der Waals surface area contributed by atoms with Crippen LogP contribution in [0.2, 0.25) is 0 Å². The molecule has 0 spiro atoms. The molecule has 0 aliphatic heterocycles. The van der Waals surface area contributed by atoms with Crippen LogP contribution < -0.4 is 0 Å². The maximum Gasteiger partial charge on any atom is 0.167 e. The molecule has 1 rings (SSSR count). The van der Waals surface area contributed by atoms with Crippen LogP contribution in [0.3, 0.4) is 0 Å². The highest BCUT2D eigenvalue weighted by molar-refractivity contribution is 5.84. The molecule has 0 saturated heterocycles. The molecule has 1 unspecified atom stereocenters. The number of aromatic nitrogens is 1. The van der Waals surface area contributed by atoms with Crippen LogP contribution in [0, 0.1) is 0 Å². The smallest absolute Gasteiger partial charge is 0.167 e. The number of Topliss-reactive ketones (excluding diaryl/α,β-unsaturated/α-hetero) is 1. The van der Waals surface area contributed by atoms with E-state index >= 15 is 0 Å². The molecule has 0 aliphatic rings. The molecule has 0 fully saturated rings. The Morgan fingerprint density at radius 1 is 1.57 bits per heavy atom. The molecule has 14 heavy (non-hydrogen) atoms. The van der Waals surface area contributed by atoms with Gasteiger partial charge in [-0.3, -0.25) is 9.78 Å². The van der Waals surface area contributed by atoms with Gasteiger partial charge in [0, 0.05) is 18.5 Å². The number of rotatable bonds is 5. The molecular weight excluding hydrogens is 178 g/mol. The van der Waals surface area contributed by atoms with Crippen LogP contribution in [-0.4, -0.2) is 23.5 Å². The summed E-state index contributed by atoms with van der Waals surface area (Å²) < 4.78 is 5.20. The molecular formula is C11H15NO2. The number of pyridine rings is 1. The van der Waals surface area contributed by atoms with Crippen LogP contribution >= 0.6 is 0 Å². The van der Waals surface area contributed by atoms with Gasteiger partial charge in [-0.05, 0) is 26.0 Å². The minimum atomic E-state index is -0.331. The molecule has 0 N–H and O–H groups in total. The fourth-order valence-electron chi connectivity index (χ4n) is 1.17. The summed E-state index contributed by atoms with van der Waals surface area (Å²) in [5, 5.41) is 0. The molecule has 0 bridgehead atoms. The number of nitrogens with zero attached hydrogens (tertiary/aromatic N) is 1. The summed E-state index contributed by atoms with van der Waals surface area (Å²) in [6.07, 6.45) is 1.71. The highest BCUT2D eigenvalue weighted by atomic mass is 16.5. The molecule has 76 valence electrons. The number of hydrogen-bond donors (Lipinski definition) is 0. The number of ketones is 1. The Bertz CT molecular complexity index is 285. The summed E-state index contributed by atoms with van der Waals surface area (Å²) in [4.78, 5) is 15.6. The predicted molar refractivity (Wildman–Crippen MR) is 54.0 cm³/mol. The number of hydrogen-bond acceptors (Lipinski definition) is 3. The maximum atomic E-state index is 11.5. The normalized spacial score (nSPS) is 12.4. The van der Waals surface area contributed by atoms with Gasteiger partial charge in [-0.25, -0.2) is 0 Å². The minimum absolute atomic E-state index is 0.0746. The van der Waals surface area contributed by atoms with Crippen molar-refractivity contribution >= 4 is 5.78 Å². The first-order valence-electron chi connectivity index (χ1n) is 4.78. The molecule has 0 radical (unpaired) electrons. The van der Waals surface area contributed by atoms with E-state index in [4.69, 9.17) is 4.74 Å². The van der Waals surface area contributed by atoms with Gasteiger partial charge in [0.05, 0.1) is 6.42 Å². The lowest BCUT2D eigenvalue weighted by Crippen LogP contribution is -2.22. The lowest BCUT2D eigenvalue weighted by Gasteiger charge is -2.09. The molecule has 3 nitrogen and oxygen atoms in total. The summed E-state index contributed by atoms with van der Waals surface area (Å²) in [7, 11) is 0. The third-order valence-corrected chi connectivity index (χ3v) is 1.95. The molecule has 0 aliphatic carbocycles. The average molecular weight is 193 g/mol. The SMILES string of the molecule is CCOC(C)C(=O)Cc1ccccn1. The highest BCUT2D eigenvalue weighted by Gasteiger charge is 2.13. The Morgan fingerprint density at radius 2 is 2.36 bits per heavy atom. The quantitative estimate of drug-likeness (QED) is 0.713. The van der Waals surface area contributed by atoms with Gasteiger partial charge < -0.3 is 4.74 Å². The van der Waals surface area contributed by atoms with Crippen LogP contribution in [0.25, 0.3) is 0 Å². The molecule has 0 aromatic carbocycles. The first kappa shape index (κ1) is 10.9. The van der Waals surface area contributed by atoms with Crippen LogP contribution in [0.1, 0.15) is 19.5 Å². The third kappa shape index (κ3) is 3.26. The van der Waals surface area contributed by atoms with Crippen LogP contribution in [0.5, 0.6) is 0 Å². The second-order valence-electron chi connectivity index (χ2n) is 3.06. The van der Waals surface area contributed by atoms with E-state index < -0.39 is 0 Å². The van der Waals surface area contributed by atoms with Crippen molar-refractivity contribution in [1.29, 1.82) is 0 Å². The van der Waals surface area contributed by atoms with Crippen LogP contribution in [0.4, 0.5) is 0 Å². The minimum Gasteiger partial charge on any atom is -0.371 e. The Balaban J connectivity index is 2.49. The van der Waals surface area contributed by atoms with E-state index in [0.717, 1.165) is 5.69 Å². The molecule has 1 atom stereocenters. The van der Waals surface area contributed by atoms with Gasteiger partial charge in [-0.2, -0.15) is 0 Å². The average Bonchev–Trinajstić information content (AvgIpc) is 2.19. The summed E-state index contributed by atoms with van der Waals surface area (Å²) >= 11 is 0. The summed E-state index contributed by atoms with van der Waals surface area (Å²) in [5.74, 6) is 0.0746. The molecule has 3 heteroatoms. The van der Waals surface area contributed by atoms with Crippen molar-refractivity contribution in [2.75, 3.05) is 6.61 Å².